The van der Waals surface area contributed by atoms with Gasteiger partial charge in [-0.25, -0.2) is 0 Å². The van der Waals surface area contributed by atoms with E-state index in [2.05, 4.69) is 55.3 Å². The lowest BCUT2D eigenvalue weighted by Gasteiger charge is -2.21. The normalized spacial score (nSPS) is 28.9. The van der Waals surface area contributed by atoms with Gasteiger partial charge in [0.1, 0.15) is 0 Å². The van der Waals surface area contributed by atoms with E-state index in [4.69, 9.17) is 0 Å². The number of anilines is 2. The van der Waals surface area contributed by atoms with Crippen molar-refractivity contribution in [2.45, 2.75) is 52.5 Å². The van der Waals surface area contributed by atoms with Crippen LogP contribution in [0.5, 0.6) is 0 Å². The molecule has 3 rings (SSSR count). The number of nitrogens with zero attached hydrogens (tertiary/aromatic N) is 1. The topological polar surface area (TPSA) is 15.3 Å². The molecule has 0 amide bonds. The molecule has 1 aromatic rings. The molecule has 1 aliphatic heterocycles. The van der Waals surface area contributed by atoms with Crippen LogP contribution in [0.2, 0.25) is 0 Å². The highest BCUT2D eigenvalue weighted by atomic mass is 15.1. The quantitative estimate of drug-likeness (QED) is 0.870. The molecule has 1 saturated carbocycles. The van der Waals surface area contributed by atoms with Crippen molar-refractivity contribution in [1.29, 1.82) is 0 Å². The lowest BCUT2D eigenvalue weighted by Crippen LogP contribution is -2.22. The second-order valence-corrected chi connectivity index (χ2v) is 7.54. The first-order valence-electron chi connectivity index (χ1n) is 8.15. The molecule has 20 heavy (non-hydrogen) atoms. The molecule has 2 heteroatoms. The fourth-order valence-electron chi connectivity index (χ4n) is 4.04. The number of hydrogen-bond acceptors (Lipinski definition) is 2. The molecule has 2 unspecified atom stereocenters. The Morgan fingerprint density at radius 2 is 1.70 bits per heavy atom. The summed E-state index contributed by atoms with van der Waals surface area (Å²) in [4.78, 5) is 2.49. The Bertz CT molecular complexity index is 443. The number of benzene rings is 1. The van der Waals surface area contributed by atoms with Crippen LogP contribution < -0.4 is 10.2 Å². The Balaban J connectivity index is 1.63. The lowest BCUT2D eigenvalue weighted by atomic mass is 9.91. The predicted molar refractivity (Wildman–Crippen MR) is 87.5 cm³/mol. The maximum atomic E-state index is 3.75. The molecule has 1 saturated heterocycles. The Labute approximate surface area is 123 Å². The first-order chi connectivity index (χ1) is 9.53. The molecular formula is C18H28N2. The summed E-state index contributed by atoms with van der Waals surface area (Å²) in [5, 5.41) is 3.75. The van der Waals surface area contributed by atoms with Crippen LogP contribution in [0.4, 0.5) is 11.4 Å². The van der Waals surface area contributed by atoms with Gasteiger partial charge in [-0.2, -0.15) is 0 Å². The fourth-order valence-corrected chi connectivity index (χ4v) is 4.04. The summed E-state index contributed by atoms with van der Waals surface area (Å²) >= 11 is 0. The second-order valence-electron chi connectivity index (χ2n) is 7.54. The third-order valence-corrected chi connectivity index (χ3v) is 5.02. The monoisotopic (exact) mass is 272 g/mol. The van der Waals surface area contributed by atoms with Gasteiger partial charge >= 0.3 is 0 Å². The van der Waals surface area contributed by atoms with Crippen molar-refractivity contribution in [3.05, 3.63) is 24.3 Å². The van der Waals surface area contributed by atoms with E-state index in [0.29, 0.717) is 11.5 Å². The van der Waals surface area contributed by atoms with Crippen molar-refractivity contribution in [2.24, 2.45) is 11.3 Å². The van der Waals surface area contributed by atoms with Gasteiger partial charge in [-0.05, 0) is 61.3 Å². The van der Waals surface area contributed by atoms with Gasteiger partial charge in [-0.15, -0.1) is 0 Å². The van der Waals surface area contributed by atoms with E-state index in [-0.39, 0.29) is 0 Å². The number of nitrogens with one attached hydrogen (secondary N) is 1. The van der Waals surface area contributed by atoms with Crippen molar-refractivity contribution in [3.8, 4) is 0 Å². The maximum absolute atomic E-state index is 3.75. The first kappa shape index (κ1) is 13.8. The zero-order valence-corrected chi connectivity index (χ0v) is 13.2. The average Bonchev–Trinajstić information content (AvgIpc) is 2.99. The number of hydrogen-bond donors (Lipinski definition) is 1. The minimum atomic E-state index is 0.493. The highest BCUT2D eigenvalue weighted by molar-refractivity contribution is 5.56. The van der Waals surface area contributed by atoms with Gasteiger partial charge in [0.2, 0.25) is 0 Å². The highest BCUT2D eigenvalue weighted by Crippen LogP contribution is 2.42. The van der Waals surface area contributed by atoms with Crippen molar-refractivity contribution < 1.29 is 0 Å². The molecule has 1 aliphatic carbocycles. The maximum Gasteiger partial charge on any atom is 0.0367 e. The highest BCUT2D eigenvalue weighted by Gasteiger charge is 2.36. The van der Waals surface area contributed by atoms with Gasteiger partial charge < -0.3 is 10.2 Å². The van der Waals surface area contributed by atoms with Gasteiger partial charge in [0.25, 0.3) is 0 Å². The summed E-state index contributed by atoms with van der Waals surface area (Å²) in [6.45, 7) is 9.61. The molecular weight excluding hydrogens is 244 g/mol. The van der Waals surface area contributed by atoms with Gasteiger partial charge in [-0.1, -0.05) is 20.8 Å². The third kappa shape index (κ3) is 2.94. The van der Waals surface area contributed by atoms with Crippen LogP contribution in [0.1, 0.15) is 46.5 Å². The number of rotatable bonds is 3. The minimum Gasteiger partial charge on any atom is -0.382 e. The van der Waals surface area contributed by atoms with E-state index < -0.39 is 0 Å². The van der Waals surface area contributed by atoms with Crippen molar-refractivity contribution in [2.75, 3.05) is 23.3 Å². The zero-order chi connectivity index (χ0) is 14.2. The Kier molecular flexibility index (Phi) is 3.66. The molecule has 0 spiro atoms. The zero-order valence-electron chi connectivity index (χ0n) is 13.2. The van der Waals surface area contributed by atoms with E-state index >= 15 is 0 Å². The summed E-state index contributed by atoms with van der Waals surface area (Å²) < 4.78 is 0. The molecule has 2 atom stereocenters. The molecule has 1 aromatic carbocycles. The summed E-state index contributed by atoms with van der Waals surface area (Å²) in [7, 11) is 0. The van der Waals surface area contributed by atoms with Crippen molar-refractivity contribution >= 4 is 11.4 Å². The van der Waals surface area contributed by atoms with Crippen LogP contribution in [-0.4, -0.2) is 19.1 Å². The standard InChI is InChI=1S/C18H28N2/c1-14-12-18(2,3)13-17(14)19-15-6-8-16(9-7-15)20-10-4-5-11-20/h6-9,14,17,19H,4-5,10-13H2,1-3H3. The van der Waals surface area contributed by atoms with E-state index in [1.807, 2.05) is 0 Å². The molecule has 110 valence electrons. The Morgan fingerprint density at radius 3 is 2.25 bits per heavy atom. The second kappa shape index (κ2) is 5.31. The minimum absolute atomic E-state index is 0.493. The molecule has 0 radical (unpaired) electrons. The van der Waals surface area contributed by atoms with E-state index in [1.54, 1.807) is 0 Å². The largest absolute Gasteiger partial charge is 0.382 e. The van der Waals surface area contributed by atoms with Crippen LogP contribution in [0, 0.1) is 11.3 Å². The third-order valence-electron chi connectivity index (χ3n) is 5.02. The fraction of sp³-hybridized carbons (Fsp3) is 0.667. The van der Waals surface area contributed by atoms with Crippen molar-refractivity contribution in [1.82, 2.24) is 0 Å². The molecule has 1 N–H and O–H groups in total. The lowest BCUT2D eigenvalue weighted by molar-refractivity contribution is 0.366. The van der Waals surface area contributed by atoms with Gasteiger partial charge in [0, 0.05) is 30.5 Å². The molecule has 1 heterocycles. The Hall–Kier alpha value is -1.18. The van der Waals surface area contributed by atoms with E-state index in [9.17, 15) is 0 Å². The van der Waals surface area contributed by atoms with E-state index in [1.165, 1.54) is 50.1 Å². The summed E-state index contributed by atoms with van der Waals surface area (Å²) in [6, 6.07) is 9.69. The van der Waals surface area contributed by atoms with Gasteiger partial charge in [0.15, 0.2) is 0 Å². The van der Waals surface area contributed by atoms with Crippen LogP contribution in [0.15, 0.2) is 24.3 Å². The summed E-state index contributed by atoms with van der Waals surface area (Å²) in [5.41, 5.74) is 3.15. The first-order valence-corrected chi connectivity index (χ1v) is 8.15. The van der Waals surface area contributed by atoms with Crippen molar-refractivity contribution in [3.63, 3.8) is 0 Å². The molecule has 2 fully saturated rings. The van der Waals surface area contributed by atoms with Gasteiger partial charge in [-0.3, -0.25) is 0 Å². The van der Waals surface area contributed by atoms with Crippen LogP contribution in [0.3, 0.4) is 0 Å². The van der Waals surface area contributed by atoms with Crippen LogP contribution in [0.25, 0.3) is 0 Å². The average molecular weight is 272 g/mol. The summed E-state index contributed by atoms with van der Waals surface area (Å²) in [6.07, 6.45) is 5.29. The molecule has 2 nitrogen and oxygen atoms in total. The van der Waals surface area contributed by atoms with Crippen LogP contribution in [-0.2, 0) is 0 Å². The van der Waals surface area contributed by atoms with Crippen LogP contribution >= 0.6 is 0 Å². The SMILES string of the molecule is CC1CC(C)(C)CC1Nc1ccc(N2CCCC2)cc1. The van der Waals surface area contributed by atoms with E-state index in [0.717, 1.165) is 5.92 Å². The predicted octanol–water partition coefficient (Wildman–Crippen LogP) is 4.52. The molecule has 0 bridgehead atoms. The molecule has 2 aliphatic rings. The smallest absolute Gasteiger partial charge is 0.0367 e. The Morgan fingerprint density at radius 1 is 1.05 bits per heavy atom. The molecule has 0 aromatic heterocycles. The summed E-state index contributed by atoms with van der Waals surface area (Å²) in [5.74, 6) is 0.767. The van der Waals surface area contributed by atoms with Gasteiger partial charge in [0.05, 0.1) is 0 Å².